The van der Waals surface area contributed by atoms with Crippen LogP contribution in [0.15, 0.2) is 0 Å². The lowest BCUT2D eigenvalue weighted by atomic mass is 10.1. The minimum Gasteiger partial charge on any atom is -0.481 e. The average molecular weight is 216 g/mol. The van der Waals surface area contributed by atoms with Crippen LogP contribution < -0.4 is 10.6 Å². The molecule has 0 aliphatic rings. The Bertz CT molecular complexity index is 207. The van der Waals surface area contributed by atoms with Gasteiger partial charge in [0.2, 0.25) is 5.91 Å². The van der Waals surface area contributed by atoms with E-state index in [4.69, 9.17) is 5.11 Å². The second-order valence-corrected chi connectivity index (χ2v) is 3.61. The van der Waals surface area contributed by atoms with E-state index in [0.717, 1.165) is 6.54 Å². The number of hydrogen-bond donors (Lipinski definition) is 3. The summed E-state index contributed by atoms with van der Waals surface area (Å²) in [6, 6.07) is 0. The number of carbonyl (C=O) groups is 2. The number of carboxylic acid groups (broad SMARTS) is 1. The summed E-state index contributed by atoms with van der Waals surface area (Å²) in [5, 5.41) is 14.2. The minimum atomic E-state index is -0.829. The molecular formula is C10H20N2O3. The summed E-state index contributed by atoms with van der Waals surface area (Å²) >= 11 is 0. The lowest BCUT2D eigenvalue weighted by Gasteiger charge is -2.10. The summed E-state index contributed by atoms with van der Waals surface area (Å²) in [5.74, 6) is -0.886. The third kappa shape index (κ3) is 9.21. The summed E-state index contributed by atoms with van der Waals surface area (Å²) in [7, 11) is 0. The largest absolute Gasteiger partial charge is 0.481 e. The highest BCUT2D eigenvalue weighted by Gasteiger charge is 2.08. The smallest absolute Gasteiger partial charge is 0.303 e. The van der Waals surface area contributed by atoms with Gasteiger partial charge in [-0.3, -0.25) is 9.59 Å². The molecule has 0 aliphatic heterocycles. The van der Waals surface area contributed by atoms with Gasteiger partial charge in [-0.25, -0.2) is 0 Å². The zero-order valence-electron chi connectivity index (χ0n) is 9.38. The summed E-state index contributed by atoms with van der Waals surface area (Å²) in [6.45, 7) is 5.72. The van der Waals surface area contributed by atoms with Crippen molar-refractivity contribution < 1.29 is 14.7 Å². The molecule has 0 aromatic heterocycles. The van der Waals surface area contributed by atoms with Crippen molar-refractivity contribution in [2.45, 2.75) is 26.7 Å². The third-order valence-electron chi connectivity index (χ3n) is 1.95. The van der Waals surface area contributed by atoms with Crippen LogP contribution >= 0.6 is 0 Å². The Morgan fingerprint density at radius 2 is 2.07 bits per heavy atom. The third-order valence-corrected chi connectivity index (χ3v) is 1.95. The molecule has 0 fully saturated rings. The molecular weight excluding hydrogens is 196 g/mol. The molecule has 0 saturated carbocycles. The first-order valence-corrected chi connectivity index (χ1v) is 5.25. The van der Waals surface area contributed by atoms with Crippen molar-refractivity contribution in [2.24, 2.45) is 5.92 Å². The molecule has 15 heavy (non-hydrogen) atoms. The van der Waals surface area contributed by atoms with Crippen LogP contribution in [0.2, 0.25) is 0 Å². The van der Waals surface area contributed by atoms with E-state index in [1.807, 2.05) is 6.92 Å². The summed E-state index contributed by atoms with van der Waals surface area (Å²) < 4.78 is 0. The first-order valence-electron chi connectivity index (χ1n) is 5.25. The first kappa shape index (κ1) is 13.9. The van der Waals surface area contributed by atoms with Gasteiger partial charge in [0.25, 0.3) is 0 Å². The lowest BCUT2D eigenvalue weighted by molar-refractivity contribution is -0.138. The van der Waals surface area contributed by atoms with E-state index >= 15 is 0 Å². The molecule has 0 rings (SSSR count). The molecule has 88 valence electrons. The molecule has 0 aromatic carbocycles. The van der Waals surface area contributed by atoms with Crippen LogP contribution in [0.1, 0.15) is 26.7 Å². The maximum absolute atomic E-state index is 11.2. The van der Waals surface area contributed by atoms with Crippen LogP contribution in [-0.2, 0) is 9.59 Å². The first-order chi connectivity index (χ1) is 7.06. The van der Waals surface area contributed by atoms with Gasteiger partial charge in [-0.15, -0.1) is 0 Å². The van der Waals surface area contributed by atoms with Crippen molar-refractivity contribution in [1.29, 1.82) is 0 Å². The molecule has 1 atom stereocenters. The number of rotatable bonds is 8. The van der Waals surface area contributed by atoms with Gasteiger partial charge in [-0.05, 0) is 12.5 Å². The van der Waals surface area contributed by atoms with E-state index in [1.54, 1.807) is 6.92 Å². The van der Waals surface area contributed by atoms with Crippen LogP contribution in [0.3, 0.4) is 0 Å². The summed E-state index contributed by atoms with van der Waals surface area (Å²) in [5.41, 5.74) is 0. The van der Waals surface area contributed by atoms with E-state index in [-0.39, 0.29) is 18.2 Å². The molecule has 3 N–H and O–H groups in total. The van der Waals surface area contributed by atoms with Crippen molar-refractivity contribution in [1.82, 2.24) is 10.6 Å². The van der Waals surface area contributed by atoms with Gasteiger partial charge in [0.05, 0.1) is 0 Å². The molecule has 5 nitrogen and oxygen atoms in total. The molecule has 0 aliphatic carbocycles. The van der Waals surface area contributed by atoms with Crippen LogP contribution in [0.25, 0.3) is 0 Å². The van der Waals surface area contributed by atoms with Gasteiger partial charge in [0, 0.05) is 25.9 Å². The van der Waals surface area contributed by atoms with Crippen molar-refractivity contribution >= 4 is 11.9 Å². The predicted molar refractivity (Wildman–Crippen MR) is 57.6 cm³/mol. The van der Waals surface area contributed by atoms with E-state index in [1.165, 1.54) is 0 Å². The molecule has 5 heteroatoms. The van der Waals surface area contributed by atoms with Gasteiger partial charge in [-0.2, -0.15) is 0 Å². The molecule has 1 unspecified atom stereocenters. The Morgan fingerprint density at radius 1 is 1.40 bits per heavy atom. The van der Waals surface area contributed by atoms with Crippen molar-refractivity contribution in [3.05, 3.63) is 0 Å². The maximum Gasteiger partial charge on any atom is 0.303 e. The normalized spacial score (nSPS) is 12.1. The van der Waals surface area contributed by atoms with Crippen LogP contribution in [0, 0.1) is 5.92 Å². The van der Waals surface area contributed by atoms with Crippen molar-refractivity contribution in [3.63, 3.8) is 0 Å². The molecule has 1 amide bonds. The molecule has 0 aromatic rings. The molecule has 0 radical (unpaired) electrons. The molecule has 0 bridgehead atoms. The van der Waals surface area contributed by atoms with Gasteiger partial charge in [0.1, 0.15) is 0 Å². The predicted octanol–water partition coefficient (Wildman–Crippen LogP) is 0.213. The highest BCUT2D eigenvalue weighted by molar-refractivity contribution is 5.76. The molecule has 0 spiro atoms. The number of aliphatic carboxylic acids is 1. The quantitative estimate of drug-likeness (QED) is 0.507. The van der Waals surface area contributed by atoms with Gasteiger partial charge in [-0.1, -0.05) is 13.8 Å². The Hall–Kier alpha value is -1.10. The monoisotopic (exact) mass is 216 g/mol. The maximum atomic E-state index is 11.2. The van der Waals surface area contributed by atoms with E-state index in [0.29, 0.717) is 19.5 Å². The van der Waals surface area contributed by atoms with Gasteiger partial charge < -0.3 is 15.7 Å². The highest BCUT2D eigenvalue weighted by Crippen LogP contribution is 1.99. The fourth-order valence-electron chi connectivity index (χ4n) is 1.13. The minimum absolute atomic E-state index is 0.0226. The molecule has 0 heterocycles. The Morgan fingerprint density at radius 3 is 2.60 bits per heavy atom. The Kier molecular flexibility index (Phi) is 7.62. The van der Waals surface area contributed by atoms with Crippen molar-refractivity contribution in [2.75, 3.05) is 19.6 Å². The Labute approximate surface area is 90.2 Å². The topological polar surface area (TPSA) is 78.4 Å². The Balaban J connectivity index is 3.48. The van der Waals surface area contributed by atoms with Gasteiger partial charge in [0.15, 0.2) is 0 Å². The average Bonchev–Trinajstić information content (AvgIpc) is 2.14. The zero-order valence-corrected chi connectivity index (χ0v) is 9.38. The number of nitrogens with one attached hydrogen (secondary N) is 2. The second-order valence-electron chi connectivity index (χ2n) is 3.61. The molecule has 0 saturated heterocycles. The lowest BCUT2D eigenvalue weighted by Crippen LogP contribution is -2.31. The summed E-state index contributed by atoms with van der Waals surface area (Å²) in [6.07, 6.45) is 0.529. The standard InChI is InChI=1S/C10H20N2O3/c1-3-11-5-4-9(13)12-7-8(2)6-10(14)15/h8,11H,3-7H2,1-2H3,(H,12,13)(H,14,15). The fourth-order valence-corrected chi connectivity index (χ4v) is 1.13. The van der Waals surface area contributed by atoms with E-state index in [2.05, 4.69) is 10.6 Å². The van der Waals surface area contributed by atoms with Crippen molar-refractivity contribution in [3.8, 4) is 0 Å². The van der Waals surface area contributed by atoms with Crippen LogP contribution in [-0.4, -0.2) is 36.6 Å². The van der Waals surface area contributed by atoms with Crippen LogP contribution in [0.4, 0.5) is 0 Å². The summed E-state index contributed by atoms with van der Waals surface area (Å²) in [4.78, 5) is 21.6. The van der Waals surface area contributed by atoms with E-state index in [9.17, 15) is 9.59 Å². The fraction of sp³-hybridized carbons (Fsp3) is 0.800. The highest BCUT2D eigenvalue weighted by atomic mass is 16.4. The second kappa shape index (κ2) is 8.23. The van der Waals surface area contributed by atoms with Crippen LogP contribution in [0.5, 0.6) is 0 Å². The van der Waals surface area contributed by atoms with E-state index < -0.39 is 5.97 Å². The number of carbonyl (C=O) groups excluding carboxylic acids is 1. The zero-order chi connectivity index (χ0) is 11.7. The number of carboxylic acids is 1. The SMILES string of the molecule is CCNCCC(=O)NCC(C)CC(=O)O. The van der Waals surface area contributed by atoms with Gasteiger partial charge >= 0.3 is 5.97 Å². The number of hydrogen-bond acceptors (Lipinski definition) is 3. The number of amides is 1.